The van der Waals surface area contributed by atoms with E-state index in [0.29, 0.717) is 17.9 Å². The van der Waals surface area contributed by atoms with Crippen LogP contribution in [0.25, 0.3) is 10.9 Å². The van der Waals surface area contributed by atoms with Crippen LogP contribution in [0, 0.1) is 6.92 Å². The van der Waals surface area contributed by atoms with Crippen LogP contribution in [0.3, 0.4) is 0 Å². The fourth-order valence-corrected chi connectivity index (χ4v) is 3.09. The second kappa shape index (κ2) is 5.93. The molecule has 116 valence electrons. The second-order valence-corrected chi connectivity index (χ2v) is 5.67. The number of carbonyl (C=O) groups is 1. The molecule has 3 rings (SSSR count). The average Bonchev–Trinajstić information content (AvgIpc) is 3.01. The van der Waals surface area contributed by atoms with Crippen molar-refractivity contribution in [1.29, 1.82) is 0 Å². The van der Waals surface area contributed by atoms with E-state index < -0.39 is 0 Å². The number of aryl methyl sites for hydroxylation is 1. The molecule has 5 heteroatoms. The Kier molecular flexibility index (Phi) is 3.98. The van der Waals surface area contributed by atoms with Gasteiger partial charge in [-0.15, -0.1) is 0 Å². The molecular weight excluding hydrogens is 280 g/mol. The van der Waals surface area contributed by atoms with Gasteiger partial charge in [-0.3, -0.25) is 9.78 Å². The Labute approximate surface area is 129 Å². The van der Waals surface area contributed by atoms with E-state index >= 15 is 0 Å². The number of rotatable bonds is 3. The summed E-state index contributed by atoms with van der Waals surface area (Å²) in [6.07, 6.45) is 1.79. The summed E-state index contributed by atoms with van der Waals surface area (Å²) in [4.78, 5) is 19.2. The molecule has 5 nitrogen and oxygen atoms in total. The summed E-state index contributed by atoms with van der Waals surface area (Å²) in [5.41, 5.74) is 2.21. The van der Waals surface area contributed by atoms with Crippen molar-refractivity contribution in [3.05, 3.63) is 35.5 Å². The molecule has 0 aliphatic carbocycles. The van der Waals surface area contributed by atoms with E-state index in [9.17, 15) is 9.90 Å². The lowest BCUT2D eigenvalue weighted by atomic mass is 10.1. The highest BCUT2D eigenvalue weighted by molar-refractivity contribution is 6.06. The first kappa shape index (κ1) is 14.8. The first-order valence-electron chi connectivity index (χ1n) is 7.51. The lowest BCUT2D eigenvalue weighted by Gasteiger charge is -2.24. The van der Waals surface area contributed by atoms with Crippen LogP contribution in [0.1, 0.15) is 28.9 Å². The average molecular weight is 300 g/mol. The Morgan fingerprint density at radius 3 is 3.00 bits per heavy atom. The normalized spacial score (nSPS) is 18.0. The molecule has 0 spiro atoms. The summed E-state index contributed by atoms with van der Waals surface area (Å²) in [6, 6.07) is 7.29. The van der Waals surface area contributed by atoms with Gasteiger partial charge in [0, 0.05) is 17.6 Å². The van der Waals surface area contributed by atoms with Gasteiger partial charge in [0.15, 0.2) is 0 Å². The number of ether oxygens (including phenoxy) is 1. The minimum Gasteiger partial charge on any atom is -0.497 e. The molecule has 0 bridgehead atoms. The smallest absolute Gasteiger partial charge is 0.254 e. The van der Waals surface area contributed by atoms with Crippen molar-refractivity contribution in [1.82, 2.24) is 9.88 Å². The number of aliphatic hydroxyl groups is 1. The summed E-state index contributed by atoms with van der Waals surface area (Å²) in [6.45, 7) is 2.59. The highest BCUT2D eigenvalue weighted by Gasteiger charge is 2.29. The van der Waals surface area contributed by atoms with Gasteiger partial charge in [0.1, 0.15) is 5.75 Å². The number of fused-ring (bicyclic) bond motifs is 1. The number of hydrogen-bond donors (Lipinski definition) is 1. The zero-order valence-electron chi connectivity index (χ0n) is 12.9. The van der Waals surface area contributed by atoms with Crippen LogP contribution < -0.4 is 4.74 Å². The summed E-state index contributed by atoms with van der Waals surface area (Å²) < 4.78 is 5.26. The molecule has 1 saturated heterocycles. The van der Waals surface area contributed by atoms with Gasteiger partial charge in [0.2, 0.25) is 0 Å². The maximum absolute atomic E-state index is 12.9. The molecule has 1 fully saturated rings. The molecule has 2 aromatic rings. The summed E-state index contributed by atoms with van der Waals surface area (Å²) >= 11 is 0. The van der Waals surface area contributed by atoms with Crippen molar-refractivity contribution in [3.8, 4) is 5.75 Å². The largest absolute Gasteiger partial charge is 0.497 e. The van der Waals surface area contributed by atoms with Crippen molar-refractivity contribution in [2.75, 3.05) is 20.3 Å². The van der Waals surface area contributed by atoms with Gasteiger partial charge in [0.25, 0.3) is 5.91 Å². The van der Waals surface area contributed by atoms with Crippen LogP contribution in [0.4, 0.5) is 0 Å². The third-order valence-corrected chi connectivity index (χ3v) is 4.22. The number of aromatic nitrogens is 1. The van der Waals surface area contributed by atoms with Gasteiger partial charge in [-0.25, -0.2) is 0 Å². The molecule has 1 atom stereocenters. The number of nitrogens with zero attached hydrogens (tertiary/aromatic N) is 2. The van der Waals surface area contributed by atoms with Gasteiger partial charge in [0.05, 0.1) is 30.8 Å². The SMILES string of the molecule is COc1ccc2nc(C)cc(C(=O)N3CCC[C@@H]3CO)c2c1. The van der Waals surface area contributed by atoms with Crippen molar-refractivity contribution in [2.45, 2.75) is 25.8 Å². The molecule has 1 N–H and O–H groups in total. The predicted molar refractivity (Wildman–Crippen MR) is 84.2 cm³/mol. The molecule has 1 aromatic carbocycles. The van der Waals surface area contributed by atoms with Gasteiger partial charge in [-0.05, 0) is 44.0 Å². The first-order valence-corrected chi connectivity index (χ1v) is 7.51. The van der Waals surface area contributed by atoms with E-state index in [-0.39, 0.29) is 18.6 Å². The van der Waals surface area contributed by atoms with Crippen LogP contribution >= 0.6 is 0 Å². The summed E-state index contributed by atoms with van der Waals surface area (Å²) in [7, 11) is 1.60. The molecule has 0 radical (unpaired) electrons. The Morgan fingerprint density at radius 2 is 2.27 bits per heavy atom. The Morgan fingerprint density at radius 1 is 1.45 bits per heavy atom. The number of carbonyl (C=O) groups excluding carboxylic acids is 1. The quantitative estimate of drug-likeness (QED) is 0.943. The van der Waals surface area contributed by atoms with Crippen LogP contribution in [-0.4, -0.2) is 47.2 Å². The maximum atomic E-state index is 12.9. The second-order valence-electron chi connectivity index (χ2n) is 5.67. The lowest BCUT2D eigenvalue weighted by molar-refractivity contribution is 0.0679. The molecule has 1 aliphatic rings. The molecule has 0 unspecified atom stereocenters. The zero-order valence-corrected chi connectivity index (χ0v) is 12.9. The number of aliphatic hydroxyl groups excluding tert-OH is 1. The van der Waals surface area contributed by atoms with E-state index in [1.54, 1.807) is 12.0 Å². The predicted octanol–water partition coefficient (Wildman–Crippen LogP) is 2.15. The Balaban J connectivity index is 2.10. The zero-order chi connectivity index (χ0) is 15.7. The molecular formula is C17H20N2O3. The maximum Gasteiger partial charge on any atom is 0.254 e. The fourth-order valence-electron chi connectivity index (χ4n) is 3.09. The summed E-state index contributed by atoms with van der Waals surface area (Å²) in [5, 5.41) is 10.2. The highest BCUT2D eigenvalue weighted by Crippen LogP contribution is 2.27. The van der Waals surface area contributed by atoms with E-state index in [4.69, 9.17) is 4.74 Å². The number of benzene rings is 1. The van der Waals surface area contributed by atoms with Crippen molar-refractivity contribution in [2.24, 2.45) is 0 Å². The van der Waals surface area contributed by atoms with Crippen molar-refractivity contribution in [3.63, 3.8) is 0 Å². The number of amides is 1. The number of methoxy groups -OCH3 is 1. The highest BCUT2D eigenvalue weighted by atomic mass is 16.5. The Bertz CT molecular complexity index is 714. The van der Waals surface area contributed by atoms with Gasteiger partial charge >= 0.3 is 0 Å². The topological polar surface area (TPSA) is 62.7 Å². The molecule has 0 saturated carbocycles. The van der Waals surface area contributed by atoms with Crippen molar-refractivity contribution >= 4 is 16.8 Å². The van der Waals surface area contributed by atoms with Crippen molar-refractivity contribution < 1.29 is 14.6 Å². The Hall–Kier alpha value is -2.14. The standard InChI is InChI=1S/C17H20N2O3/c1-11-8-15(17(21)19-7-3-4-12(19)10-20)14-9-13(22-2)5-6-16(14)18-11/h5-6,8-9,12,20H,3-4,7,10H2,1-2H3/t12-/m1/s1. The van der Waals surface area contributed by atoms with Gasteiger partial charge < -0.3 is 14.7 Å². The van der Waals surface area contributed by atoms with Gasteiger partial charge in [-0.1, -0.05) is 0 Å². The number of likely N-dealkylation sites (tertiary alicyclic amines) is 1. The lowest BCUT2D eigenvalue weighted by Crippen LogP contribution is -2.37. The van der Waals surface area contributed by atoms with Crippen LogP contribution in [0.5, 0.6) is 5.75 Å². The number of pyridine rings is 1. The van der Waals surface area contributed by atoms with Crippen LogP contribution in [-0.2, 0) is 0 Å². The van der Waals surface area contributed by atoms with E-state index in [2.05, 4.69) is 4.98 Å². The molecule has 1 aliphatic heterocycles. The minimum atomic E-state index is -0.0818. The monoisotopic (exact) mass is 300 g/mol. The molecule has 1 aromatic heterocycles. The molecule has 2 heterocycles. The third-order valence-electron chi connectivity index (χ3n) is 4.22. The minimum absolute atomic E-state index is 0.0110. The van der Waals surface area contributed by atoms with Crippen LogP contribution in [0.2, 0.25) is 0 Å². The van der Waals surface area contributed by atoms with E-state index in [1.807, 2.05) is 31.2 Å². The number of hydrogen-bond acceptors (Lipinski definition) is 4. The first-order chi connectivity index (χ1) is 10.6. The summed E-state index contributed by atoms with van der Waals surface area (Å²) in [5.74, 6) is 0.660. The molecule has 22 heavy (non-hydrogen) atoms. The third kappa shape index (κ3) is 2.52. The fraction of sp³-hybridized carbons (Fsp3) is 0.412. The van der Waals surface area contributed by atoms with E-state index in [1.165, 1.54) is 0 Å². The molecule has 1 amide bonds. The van der Waals surface area contributed by atoms with Gasteiger partial charge in [-0.2, -0.15) is 0 Å². The van der Waals surface area contributed by atoms with Crippen LogP contribution in [0.15, 0.2) is 24.3 Å². The van der Waals surface area contributed by atoms with E-state index in [0.717, 1.165) is 29.4 Å².